The average molecular weight is 272 g/mol. The van der Waals surface area contributed by atoms with Crippen molar-refractivity contribution < 1.29 is 8.84 Å². The van der Waals surface area contributed by atoms with E-state index in [4.69, 9.17) is 8.84 Å². The van der Waals surface area contributed by atoms with Gasteiger partial charge in [0.25, 0.3) is 9.04 Å². The summed E-state index contributed by atoms with van der Waals surface area (Å²) in [7, 11) is -0.775. The van der Waals surface area contributed by atoms with Crippen molar-refractivity contribution >= 4 is 20.9 Å². The third-order valence-corrected chi connectivity index (χ3v) is 3.28. The smallest absolute Gasteiger partial charge is 0.274 e. The van der Waals surface area contributed by atoms with Crippen molar-refractivity contribution in [2.75, 3.05) is 0 Å². The van der Waals surface area contributed by atoms with E-state index in [1.165, 1.54) is 0 Å². The lowest BCUT2D eigenvalue weighted by Gasteiger charge is -2.10. The Kier molecular flexibility index (Phi) is 4.57. The van der Waals surface area contributed by atoms with Gasteiger partial charge in [-0.25, -0.2) is 0 Å². The highest BCUT2D eigenvalue weighted by Gasteiger charge is 2.05. The maximum Gasteiger partial charge on any atom is 0.274 e. The van der Waals surface area contributed by atoms with Crippen LogP contribution >= 0.6 is 0 Å². The number of aliphatic imine (C=N–C) groups is 1. The van der Waals surface area contributed by atoms with Gasteiger partial charge in [0.05, 0.1) is 6.26 Å². The Morgan fingerprint density at radius 3 is 2.74 bits per heavy atom. The minimum atomic E-state index is -0.775. The maximum atomic E-state index is 5.82. The SMILES string of the molecule is Cc1ccoc1CC=Nc1ccccc1O[Si](C)C. The van der Waals surface area contributed by atoms with Gasteiger partial charge < -0.3 is 8.84 Å². The largest absolute Gasteiger partial charge is 0.541 e. The molecule has 0 unspecified atom stereocenters. The molecule has 3 nitrogen and oxygen atoms in total. The minimum absolute atomic E-state index is 0.698. The minimum Gasteiger partial charge on any atom is -0.541 e. The van der Waals surface area contributed by atoms with Gasteiger partial charge >= 0.3 is 0 Å². The zero-order valence-corrected chi connectivity index (χ0v) is 12.5. The predicted molar refractivity (Wildman–Crippen MR) is 79.9 cm³/mol. The first-order valence-electron chi connectivity index (χ1n) is 6.29. The van der Waals surface area contributed by atoms with Crippen LogP contribution in [0.1, 0.15) is 11.3 Å². The number of furan rings is 1. The molecule has 0 fully saturated rings. The second-order valence-electron chi connectivity index (χ2n) is 4.52. The van der Waals surface area contributed by atoms with Gasteiger partial charge in [-0.2, -0.15) is 0 Å². The zero-order valence-electron chi connectivity index (χ0n) is 11.5. The number of rotatable bonds is 5. The topological polar surface area (TPSA) is 34.7 Å². The fourth-order valence-corrected chi connectivity index (χ4v) is 2.32. The van der Waals surface area contributed by atoms with Crippen LogP contribution in [0.4, 0.5) is 5.69 Å². The second-order valence-corrected chi connectivity index (χ2v) is 6.54. The summed E-state index contributed by atoms with van der Waals surface area (Å²) >= 11 is 0. The Balaban J connectivity index is 2.08. The Labute approximate surface area is 115 Å². The van der Waals surface area contributed by atoms with Gasteiger partial charge in [0.1, 0.15) is 17.2 Å². The maximum absolute atomic E-state index is 5.82. The van der Waals surface area contributed by atoms with Gasteiger partial charge in [0.15, 0.2) is 0 Å². The molecule has 2 rings (SSSR count). The van der Waals surface area contributed by atoms with Gasteiger partial charge in [0, 0.05) is 12.6 Å². The van der Waals surface area contributed by atoms with Crippen molar-refractivity contribution in [3.8, 4) is 5.75 Å². The van der Waals surface area contributed by atoms with Crippen LogP contribution in [0.15, 0.2) is 46.0 Å². The first kappa shape index (κ1) is 13.6. The quantitative estimate of drug-likeness (QED) is 0.605. The molecular weight excluding hydrogens is 254 g/mol. The van der Waals surface area contributed by atoms with Crippen molar-refractivity contribution in [2.24, 2.45) is 4.99 Å². The number of benzene rings is 1. The zero-order chi connectivity index (χ0) is 13.7. The summed E-state index contributed by atoms with van der Waals surface area (Å²) in [6.07, 6.45) is 4.27. The molecule has 0 aliphatic carbocycles. The van der Waals surface area contributed by atoms with E-state index in [9.17, 15) is 0 Å². The van der Waals surface area contributed by atoms with Crippen LogP contribution in [0.3, 0.4) is 0 Å². The first-order chi connectivity index (χ1) is 9.16. The molecule has 0 saturated heterocycles. The fourth-order valence-electron chi connectivity index (χ4n) is 1.71. The highest BCUT2D eigenvalue weighted by atomic mass is 28.3. The third kappa shape index (κ3) is 3.82. The highest BCUT2D eigenvalue weighted by Crippen LogP contribution is 2.27. The molecule has 1 heterocycles. The second kappa shape index (κ2) is 6.38. The summed E-state index contributed by atoms with van der Waals surface area (Å²) in [5, 5.41) is 0. The Morgan fingerprint density at radius 1 is 1.26 bits per heavy atom. The standard InChI is InChI=1S/C15H18NO2Si/c1-12-9-11-17-14(12)8-10-16-13-6-4-5-7-15(13)18-19(2)3/h4-7,9-11H,8H2,1-3H3. The molecule has 0 atom stereocenters. The van der Waals surface area contributed by atoms with E-state index in [0.29, 0.717) is 6.42 Å². The van der Waals surface area contributed by atoms with Crippen LogP contribution in [0, 0.1) is 6.92 Å². The molecular formula is C15H18NO2Si. The molecule has 1 aromatic heterocycles. The number of nitrogens with zero attached hydrogens (tertiary/aromatic N) is 1. The Hall–Kier alpha value is -1.81. The van der Waals surface area contributed by atoms with Crippen molar-refractivity contribution in [2.45, 2.75) is 26.4 Å². The molecule has 0 aliphatic rings. The third-order valence-electron chi connectivity index (χ3n) is 2.65. The average Bonchev–Trinajstić information content (AvgIpc) is 2.77. The molecule has 0 bridgehead atoms. The Bertz CT molecular complexity index is 561. The van der Waals surface area contributed by atoms with Gasteiger partial charge in [-0.3, -0.25) is 4.99 Å². The molecule has 0 aliphatic heterocycles. The predicted octanol–water partition coefficient (Wildman–Crippen LogP) is 4.16. The van der Waals surface area contributed by atoms with Gasteiger partial charge in [-0.15, -0.1) is 0 Å². The summed E-state index contributed by atoms with van der Waals surface area (Å²) < 4.78 is 11.2. The van der Waals surface area contributed by atoms with Crippen LogP contribution in [0.25, 0.3) is 0 Å². The molecule has 0 amide bonds. The lowest BCUT2D eigenvalue weighted by atomic mass is 10.2. The summed E-state index contributed by atoms with van der Waals surface area (Å²) in [6, 6.07) is 9.82. The molecule has 2 aromatic rings. The molecule has 99 valence electrons. The summed E-state index contributed by atoms with van der Waals surface area (Å²) in [6.45, 7) is 6.25. The molecule has 1 aromatic carbocycles. The van der Waals surface area contributed by atoms with Gasteiger partial charge in [-0.05, 0) is 43.8 Å². The van der Waals surface area contributed by atoms with Crippen LogP contribution in [-0.4, -0.2) is 15.3 Å². The van der Waals surface area contributed by atoms with E-state index in [-0.39, 0.29) is 0 Å². The van der Waals surface area contributed by atoms with E-state index >= 15 is 0 Å². The molecule has 0 N–H and O–H groups in total. The van der Waals surface area contributed by atoms with Gasteiger partial charge in [0.2, 0.25) is 0 Å². The summed E-state index contributed by atoms with van der Waals surface area (Å²) in [4.78, 5) is 4.48. The molecule has 19 heavy (non-hydrogen) atoms. The number of hydrogen-bond acceptors (Lipinski definition) is 3. The summed E-state index contributed by atoms with van der Waals surface area (Å²) in [5.74, 6) is 1.81. The molecule has 0 spiro atoms. The monoisotopic (exact) mass is 272 g/mol. The number of para-hydroxylation sites is 2. The van der Waals surface area contributed by atoms with Gasteiger partial charge in [-0.1, -0.05) is 12.1 Å². The number of aryl methyl sites for hydroxylation is 1. The van der Waals surface area contributed by atoms with E-state index in [2.05, 4.69) is 18.1 Å². The Morgan fingerprint density at radius 2 is 2.05 bits per heavy atom. The van der Waals surface area contributed by atoms with Crippen LogP contribution in [-0.2, 0) is 6.42 Å². The van der Waals surface area contributed by atoms with Crippen molar-refractivity contribution in [1.82, 2.24) is 0 Å². The fraction of sp³-hybridized carbons (Fsp3) is 0.267. The van der Waals surface area contributed by atoms with Crippen LogP contribution in [0.5, 0.6) is 5.75 Å². The molecule has 4 heteroatoms. The van der Waals surface area contributed by atoms with Crippen molar-refractivity contribution in [3.05, 3.63) is 47.9 Å². The number of hydrogen-bond donors (Lipinski definition) is 0. The van der Waals surface area contributed by atoms with E-state index in [1.807, 2.05) is 43.5 Å². The van der Waals surface area contributed by atoms with E-state index < -0.39 is 9.04 Å². The molecule has 0 saturated carbocycles. The molecule has 1 radical (unpaired) electrons. The van der Waals surface area contributed by atoms with Crippen molar-refractivity contribution in [3.63, 3.8) is 0 Å². The highest BCUT2D eigenvalue weighted by molar-refractivity contribution is 6.49. The van der Waals surface area contributed by atoms with Crippen molar-refractivity contribution in [1.29, 1.82) is 0 Å². The van der Waals surface area contributed by atoms with Crippen LogP contribution < -0.4 is 4.43 Å². The van der Waals surface area contributed by atoms with Crippen LogP contribution in [0.2, 0.25) is 13.1 Å². The lowest BCUT2D eigenvalue weighted by molar-refractivity contribution is 0.525. The van der Waals surface area contributed by atoms with E-state index in [1.54, 1.807) is 6.26 Å². The first-order valence-corrected chi connectivity index (χ1v) is 8.70. The lowest BCUT2D eigenvalue weighted by Crippen LogP contribution is -2.11. The van der Waals surface area contributed by atoms with E-state index in [0.717, 1.165) is 22.8 Å². The summed E-state index contributed by atoms with van der Waals surface area (Å²) in [5.41, 5.74) is 2.03. The normalized spacial score (nSPS) is 11.4.